The smallest absolute Gasteiger partial charge is 0.424 e. The molecule has 0 saturated heterocycles. The summed E-state index contributed by atoms with van der Waals surface area (Å²) in [5, 5.41) is 14.0. The number of fused-ring (bicyclic) bond motifs is 2. The third-order valence-electron chi connectivity index (χ3n) is 7.71. The fourth-order valence-corrected chi connectivity index (χ4v) is 4.97. The van der Waals surface area contributed by atoms with E-state index in [2.05, 4.69) is 15.3 Å². The molecule has 2 atom stereocenters. The number of aryl methyl sites for hydroxylation is 2. The van der Waals surface area contributed by atoms with Crippen molar-refractivity contribution < 1.29 is 37.3 Å². The average Bonchev–Trinajstić information content (AvgIpc) is 3.32. The highest BCUT2D eigenvalue weighted by molar-refractivity contribution is 6.00. The lowest BCUT2D eigenvalue weighted by Gasteiger charge is -2.31. The van der Waals surface area contributed by atoms with E-state index < -0.39 is 41.2 Å². The fourth-order valence-electron chi connectivity index (χ4n) is 4.97. The summed E-state index contributed by atoms with van der Waals surface area (Å²) >= 11 is 0. The number of carbonyl (C=O) groups excluding carboxylic acids is 2. The fraction of sp³-hybridized carbons (Fsp3) is 0.290. The zero-order chi connectivity index (χ0) is 31.3. The molecule has 12 heteroatoms. The molecule has 1 aliphatic heterocycles. The minimum atomic E-state index is -5.29. The summed E-state index contributed by atoms with van der Waals surface area (Å²) in [6.07, 6.45) is -3.67. The first kappa shape index (κ1) is 29.8. The number of nitrogens with one attached hydrogen (secondary N) is 1. The monoisotopic (exact) mass is 594 g/mol. The Labute approximate surface area is 244 Å². The van der Waals surface area contributed by atoms with Gasteiger partial charge in [-0.15, -0.1) is 0 Å². The Kier molecular flexibility index (Phi) is 7.29. The van der Waals surface area contributed by atoms with E-state index in [9.17, 15) is 27.9 Å². The van der Waals surface area contributed by atoms with Crippen LogP contribution in [-0.2, 0) is 15.8 Å². The molecule has 3 heterocycles. The van der Waals surface area contributed by atoms with E-state index in [0.29, 0.717) is 16.5 Å². The van der Waals surface area contributed by atoms with Gasteiger partial charge in [-0.05, 0) is 50.6 Å². The second kappa shape index (κ2) is 10.5. The summed E-state index contributed by atoms with van der Waals surface area (Å²) in [5.41, 5.74) is 2.28. The molecular formula is C31H29F3N4O5. The van der Waals surface area contributed by atoms with Crippen LogP contribution in [0.3, 0.4) is 0 Å². The standard InChI is InChI=1S/C31H29F3N4O5/c1-16-5-7-18(8-6-16)25-26-21(29(3,15-43-26)28(35)40)12-23(38-25)30(41,31(32,33)34)14-37-27(39)20-10-19-9-17(2)13-36-24(19)22(11-20)42-4/h5-13,41H,14-15H2,1-4H3,(H2,35,40)(H,37,39)/t29-,30?/m0/s1. The highest BCUT2D eigenvalue weighted by Crippen LogP contribution is 2.47. The Morgan fingerprint density at radius 1 is 1.12 bits per heavy atom. The molecule has 5 rings (SSSR count). The number of pyridine rings is 2. The number of carbonyl (C=O) groups is 2. The number of benzene rings is 2. The Balaban J connectivity index is 1.59. The average molecular weight is 595 g/mol. The van der Waals surface area contributed by atoms with Gasteiger partial charge in [0.25, 0.3) is 5.91 Å². The van der Waals surface area contributed by atoms with Crippen molar-refractivity contribution in [1.29, 1.82) is 0 Å². The van der Waals surface area contributed by atoms with Gasteiger partial charge in [0.2, 0.25) is 11.5 Å². The summed E-state index contributed by atoms with van der Waals surface area (Å²) in [6, 6.07) is 12.3. The van der Waals surface area contributed by atoms with Crippen molar-refractivity contribution in [3.63, 3.8) is 0 Å². The summed E-state index contributed by atoms with van der Waals surface area (Å²) in [7, 11) is 1.38. The number of primary amides is 1. The number of aromatic nitrogens is 2. The molecule has 4 aromatic rings. The van der Waals surface area contributed by atoms with Crippen LogP contribution in [0.1, 0.15) is 39.7 Å². The number of alkyl halides is 3. The molecule has 0 spiro atoms. The Morgan fingerprint density at radius 3 is 2.44 bits per heavy atom. The molecular weight excluding hydrogens is 565 g/mol. The molecule has 2 aromatic carbocycles. The largest absolute Gasteiger partial charge is 0.494 e. The van der Waals surface area contributed by atoms with Crippen LogP contribution in [-0.4, -0.2) is 53.3 Å². The van der Waals surface area contributed by atoms with Crippen LogP contribution in [0, 0.1) is 13.8 Å². The van der Waals surface area contributed by atoms with Gasteiger partial charge < -0.3 is 25.6 Å². The number of hydrogen-bond donors (Lipinski definition) is 3. The predicted molar refractivity (Wildman–Crippen MR) is 152 cm³/mol. The van der Waals surface area contributed by atoms with Crippen LogP contribution in [0.25, 0.3) is 22.2 Å². The zero-order valence-electron chi connectivity index (χ0n) is 23.8. The van der Waals surface area contributed by atoms with Gasteiger partial charge in [0.15, 0.2) is 0 Å². The molecule has 0 fully saturated rings. The van der Waals surface area contributed by atoms with Crippen LogP contribution >= 0.6 is 0 Å². The summed E-state index contributed by atoms with van der Waals surface area (Å²) in [6.45, 7) is 3.59. The summed E-state index contributed by atoms with van der Waals surface area (Å²) in [4.78, 5) is 34.1. The molecule has 224 valence electrons. The van der Waals surface area contributed by atoms with Gasteiger partial charge in [0.1, 0.15) is 34.7 Å². The van der Waals surface area contributed by atoms with Crippen molar-refractivity contribution in [1.82, 2.24) is 15.3 Å². The lowest BCUT2D eigenvalue weighted by atomic mass is 9.81. The second-order valence-electron chi connectivity index (χ2n) is 10.9. The number of nitrogens with zero attached hydrogens (tertiary/aromatic N) is 2. The van der Waals surface area contributed by atoms with Crippen molar-refractivity contribution in [2.45, 2.75) is 38.0 Å². The third kappa shape index (κ3) is 5.11. The Bertz CT molecular complexity index is 1760. The molecule has 1 aliphatic rings. The van der Waals surface area contributed by atoms with Crippen LogP contribution in [0.15, 0.2) is 54.7 Å². The molecule has 0 aliphatic carbocycles. The normalized spacial score (nSPS) is 17.6. The predicted octanol–water partition coefficient (Wildman–Crippen LogP) is 4.24. The zero-order valence-corrected chi connectivity index (χ0v) is 23.8. The number of amides is 2. The van der Waals surface area contributed by atoms with E-state index in [-0.39, 0.29) is 34.9 Å². The Hall–Kier alpha value is -4.71. The number of halogens is 3. The van der Waals surface area contributed by atoms with Gasteiger partial charge in [0, 0.05) is 28.3 Å². The van der Waals surface area contributed by atoms with Crippen LogP contribution in [0.5, 0.6) is 11.5 Å². The van der Waals surface area contributed by atoms with Crippen molar-refractivity contribution in [3.05, 3.63) is 82.7 Å². The first-order valence-corrected chi connectivity index (χ1v) is 13.3. The maximum atomic E-state index is 14.7. The first-order chi connectivity index (χ1) is 20.2. The van der Waals surface area contributed by atoms with Gasteiger partial charge in [-0.3, -0.25) is 14.6 Å². The number of aliphatic hydroxyl groups is 1. The molecule has 4 N–H and O–H groups in total. The molecule has 0 radical (unpaired) electrons. The number of methoxy groups -OCH3 is 1. The molecule has 9 nitrogen and oxygen atoms in total. The topological polar surface area (TPSA) is 137 Å². The molecule has 2 amide bonds. The number of nitrogens with two attached hydrogens (primary N) is 1. The van der Waals surface area contributed by atoms with Crippen LogP contribution < -0.4 is 20.5 Å². The highest BCUT2D eigenvalue weighted by atomic mass is 19.4. The van der Waals surface area contributed by atoms with Crippen LogP contribution in [0.2, 0.25) is 0 Å². The summed E-state index contributed by atoms with van der Waals surface area (Å²) in [5.74, 6) is -1.37. The Morgan fingerprint density at radius 2 is 1.81 bits per heavy atom. The first-order valence-electron chi connectivity index (χ1n) is 13.3. The lowest BCUT2D eigenvalue weighted by Crippen LogP contribution is -2.51. The summed E-state index contributed by atoms with van der Waals surface area (Å²) < 4.78 is 55.2. The van der Waals surface area contributed by atoms with Gasteiger partial charge in [-0.2, -0.15) is 13.2 Å². The molecule has 2 aromatic heterocycles. The minimum absolute atomic E-state index is 0.00163. The highest BCUT2D eigenvalue weighted by Gasteiger charge is 2.57. The van der Waals surface area contributed by atoms with E-state index in [4.69, 9.17) is 15.2 Å². The SMILES string of the molecule is COc1cc(C(=O)NCC(O)(c2cc3c(c(-c4ccc(C)cc4)n2)OC[C@]3(C)C(N)=O)C(F)(F)F)cc2cc(C)cnc12. The van der Waals surface area contributed by atoms with E-state index in [1.54, 1.807) is 43.5 Å². The molecule has 43 heavy (non-hydrogen) atoms. The van der Waals surface area contributed by atoms with E-state index >= 15 is 0 Å². The van der Waals surface area contributed by atoms with Crippen molar-refractivity contribution in [2.75, 3.05) is 20.3 Å². The minimum Gasteiger partial charge on any atom is -0.494 e. The quantitative estimate of drug-likeness (QED) is 0.291. The van der Waals surface area contributed by atoms with Gasteiger partial charge in [-0.25, -0.2) is 4.98 Å². The van der Waals surface area contributed by atoms with Gasteiger partial charge >= 0.3 is 6.18 Å². The lowest BCUT2D eigenvalue weighted by molar-refractivity contribution is -0.265. The van der Waals surface area contributed by atoms with Crippen LogP contribution in [0.4, 0.5) is 13.2 Å². The van der Waals surface area contributed by atoms with E-state index in [1.165, 1.54) is 26.2 Å². The van der Waals surface area contributed by atoms with Crippen molar-refractivity contribution >= 4 is 22.7 Å². The van der Waals surface area contributed by atoms with Crippen molar-refractivity contribution in [3.8, 4) is 22.8 Å². The number of ether oxygens (including phenoxy) is 2. The molecule has 0 saturated carbocycles. The second-order valence-corrected chi connectivity index (χ2v) is 10.9. The number of rotatable bonds is 7. The van der Waals surface area contributed by atoms with E-state index in [1.807, 2.05) is 6.92 Å². The van der Waals surface area contributed by atoms with Gasteiger partial charge in [-0.1, -0.05) is 29.8 Å². The third-order valence-corrected chi connectivity index (χ3v) is 7.71. The number of hydrogen-bond acceptors (Lipinski definition) is 7. The molecule has 0 bridgehead atoms. The van der Waals surface area contributed by atoms with E-state index in [0.717, 1.165) is 17.2 Å². The molecule has 1 unspecified atom stereocenters. The maximum absolute atomic E-state index is 14.7. The van der Waals surface area contributed by atoms with Gasteiger partial charge in [0.05, 0.1) is 19.3 Å². The van der Waals surface area contributed by atoms with Crippen molar-refractivity contribution in [2.24, 2.45) is 5.73 Å². The maximum Gasteiger partial charge on any atom is 0.424 e.